The van der Waals surface area contributed by atoms with Crippen LogP contribution in [0.3, 0.4) is 0 Å². The molecule has 0 amide bonds. The van der Waals surface area contributed by atoms with Crippen molar-refractivity contribution in [2.45, 2.75) is 89.3 Å². The summed E-state index contributed by atoms with van der Waals surface area (Å²) in [5.41, 5.74) is 0. The fraction of sp³-hybridized carbons (Fsp3) is 1.00. The minimum absolute atomic E-state index is 0.0934. The molecule has 2 aliphatic rings. The van der Waals surface area contributed by atoms with Gasteiger partial charge in [0.1, 0.15) is 0 Å². The Kier molecular flexibility index (Phi) is 6.34. The van der Waals surface area contributed by atoms with Gasteiger partial charge in [-0.25, -0.2) is 4.57 Å². The summed E-state index contributed by atoms with van der Waals surface area (Å²) in [6, 6.07) is 0. The summed E-state index contributed by atoms with van der Waals surface area (Å²) in [6.45, 7) is 0. The van der Waals surface area contributed by atoms with Crippen LogP contribution < -0.4 is 0 Å². The molecule has 5 heteroatoms. The Balaban J connectivity index is 1.80. The van der Waals surface area contributed by atoms with Crippen LogP contribution in [0.1, 0.15) is 77.0 Å². The third-order valence-electron chi connectivity index (χ3n) is 4.17. The molecule has 1 N–H and O–H groups in total. The van der Waals surface area contributed by atoms with Crippen molar-refractivity contribution in [1.29, 1.82) is 0 Å². The van der Waals surface area contributed by atoms with Crippen LogP contribution in [0.5, 0.6) is 0 Å². The molecule has 0 spiro atoms. The van der Waals surface area contributed by atoms with Gasteiger partial charge in [-0.3, -0.25) is 9.05 Å². The van der Waals surface area contributed by atoms with Gasteiger partial charge in [0.05, 0.1) is 12.2 Å². The van der Waals surface area contributed by atoms with Gasteiger partial charge < -0.3 is 4.89 Å². The molecule has 0 atom stereocenters. The van der Waals surface area contributed by atoms with Crippen molar-refractivity contribution < 1.29 is 18.5 Å². The minimum atomic E-state index is -3.87. The van der Waals surface area contributed by atoms with Crippen LogP contribution in [0.15, 0.2) is 0 Å². The van der Waals surface area contributed by atoms with Gasteiger partial charge in [-0.05, 0) is 25.7 Å². The lowest BCUT2D eigenvalue weighted by molar-refractivity contribution is 0.0629. The zero-order chi connectivity index (χ0) is 13.6. The van der Waals surface area contributed by atoms with Crippen molar-refractivity contribution in [3.8, 4) is 0 Å². The van der Waals surface area contributed by atoms with Crippen molar-refractivity contribution in [3.63, 3.8) is 0 Å². The zero-order valence-electron chi connectivity index (χ0n) is 11.8. The first-order valence-electron chi connectivity index (χ1n) is 7.85. The number of phosphoric ester groups is 1. The molecule has 2 aliphatic carbocycles. The lowest BCUT2D eigenvalue weighted by atomic mass is 10.2. The molecule has 19 heavy (non-hydrogen) atoms. The molecule has 112 valence electrons. The smallest absolute Gasteiger partial charge is 0.302 e. The van der Waals surface area contributed by atoms with Gasteiger partial charge in [-0.1, -0.05) is 51.4 Å². The molecule has 2 saturated carbocycles. The maximum absolute atomic E-state index is 12.1. The monoisotopic (exact) mass is 290 g/mol. The van der Waals surface area contributed by atoms with E-state index in [1.165, 1.54) is 25.7 Å². The molecule has 0 saturated heterocycles. The topological polar surface area (TPSA) is 55.8 Å². The molecule has 0 bridgehead atoms. The maximum Gasteiger partial charge on any atom is 0.472 e. The van der Waals surface area contributed by atoms with E-state index in [-0.39, 0.29) is 12.2 Å². The highest BCUT2D eigenvalue weighted by molar-refractivity contribution is 7.47. The quantitative estimate of drug-likeness (QED) is 0.609. The molecule has 0 aromatic rings. The Morgan fingerprint density at radius 3 is 1.32 bits per heavy atom. The van der Waals surface area contributed by atoms with E-state index in [0.29, 0.717) is 0 Å². The molecule has 2 fully saturated rings. The maximum atomic E-state index is 12.1. The fourth-order valence-electron chi connectivity index (χ4n) is 3.10. The summed E-state index contributed by atoms with van der Waals surface area (Å²) >= 11 is 0. The highest BCUT2D eigenvalue weighted by atomic mass is 31.2. The van der Waals surface area contributed by atoms with Crippen molar-refractivity contribution in [1.82, 2.24) is 0 Å². The SMILES string of the molecule is O=P(O)(OC1CCCCCC1)OC1CCCCCC1. The molecule has 0 radical (unpaired) electrons. The van der Waals surface area contributed by atoms with E-state index in [9.17, 15) is 9.46 Å². The van der Waals surface area contributed by atoms with E-state index in [0.717, 1.165) is 51.4 Å². The average molecular weight is 290 g/mol. The van der Waals surface area contributed by atoms with Gasteiger partial charge in [0, 0.05) is 0 Å². The molecular weight excluding hydrogens is 263 g/mol. The van der Waals surface area contributed by atoms with Gasteiger partial charge in [-0.15, -0.1) is 0 Å². The Labute approximate surface area is 116 Å². The van der Waals surface area contributed by atoms with E-state index >= 15 is 0 Å². The van der Waals surface area contributed by atoms with E-state index in [4.69, 9.17) is 9.05 Å². The van der Waals surface area contributed by atoms with Gasteiger partial charge >= 0.3 is 7.82 Å². The van der Waals surface area contributed by atoms with E-state index < -0.39 is 7.82 Å². The van der Waals surface area contributed by atoms with E-state index in [1.54, 1.807) is 0 Å². The van der Waals surface area contributed by atoms with E-state index in [1.807, 2.05) is 0 Å². The third-order valence-corrected chi connectivity index (χ3v) is 5.30. The molecule has 2 rings (SSSR count). The average Bonchev–Trinajstić information content (AvgIpc) is 2.73. The predicted molar refractivity (Wildman–Crippen MR) is 75.0 cm³/mol. The van der Waals surface area contributed by atoms with Crippen molar-refractivity contribution in [3.05, 3.63) is 0 Å². The van der Waals surface area contributed by atoms with Gasteiger partial charge in [0.2, 0.25) is 0 Å². The Hall–Kier alpha value is 0.110. The fourth-order valence-corrected chi connectivity index (χ4v) is 4.32. The van der Waals surface area contributed by atoms with Crippen molar-refractivity contribution in [2.24, 2.45) is 0 Å². The van der Waals surface area contributed by atoms with Crippen LogP contribution in [-0.2, 0) is 13.6 Å². The standard InChI is InChI=1S/C14H27O4P/c15-19(16,17-13-9-5-1-2-6-10-13)18-14-11-7-3-4-8-12-14/h13-14H,1-12H2,(H,15,16). The summed E-state index contributed by atoms with van der Waals surface area (Å²) in [7, 11) is -3.87. The highest BCUT2D eigenvalue weighted by Crippen LogP contribution is 2.49. The number of phosphoric acid groups is 1. The number of hydrogen-bond acceptors (Lipinski definition) is 3. The summed E-state index contributed by atoms with van der Waals surface area (Å²) in [4.78, 5) is 9.91. The zero-order valence-corrected chi connectivity index (χ0v) is 12.7. The second-order valence-corrected chi connectivity index (χ2v) is 7.27. The largest absolute Gasteiger partial charge is 0.472 e. The minimum Gasteiger partial charge on any atom is -0.302 e. The van der Waals surface area contributed by atoms with Crippen LogP contribution >= 0.6 is 7.82 Å². The van der Waals surface area contributed by atoms with Crippen LogP contribution in [-0.4, -0.2) is 17.1 Å². The summed E-state index contributed by atoms with van der Waals surface area (Å²) in [6.07, 6.45) is 12.6. The molecule has 0 heterocycles. The van der Waals surface area contributed by atoms with Crippen LogP contribution in [0.2, 0.25) is 0 Å². The number of hydrogen-bond donors (Lipinski definition) is 1. The molecule has 0 unspecified atom stereocenters. The summed E-state index contributed by atoms with van der Waals surface area (Å²) in [5, 5.41) is 0. The first-order valence-corrected chi connectivity index (χ1v) is 9.35. The first kappa shape index (κ1) is 15.5. The lowest BCUT2D eigenvalue weighted by Crippen LogP contribution is -2.15. The second-order valence-electron chi connectivity index (χ2n) is 5.91. The third kappa shape index (κ3) is 5.95. The van der Waals surface area contributed by atoms with Crippen LogP contribution in [0, 0.1) is 0 Å². The highest BCUT2D eigenvalue weighted by Gasteiger charge is 2.30. The second kappa shape index (κ2) is 7.78. The number of rotatable bonds is 4. The van der Waals surface area contributed by atoms with Crippen molar-refractivity contribution in [2.75, 3.05) is 0 Å². The first-order chi connectivity index (χ1) is 9.16. The van der Waals surface area contributed by atoms with Crippen LogP contribution in [0.4, 0.5) is 0 Å². The Morgan fingerprint density at radius 1 is 0.684 bits per heavy atom. The predicted octanol–water partition coefficient (Wildman–Crippen LogP) is 4.57. The molecule has 4 nitrogen and oxygen atoms in total. The lowest BCUT2D eigenvalue weighted by Gasteiger charge is -2.23. The Bertz CT molecular complexity index is 266. The van der Waals surface area contributed by atoms with Gasteiger partial charge in [0.15, 0.2) is 0 Å². The van der Waals surface area contributed by atoms with Crippen LogP contribution in [0.25, 0.3) is 0 Å². The Morgan fingerprint density at radius 2 is 1.00 bits per heavy atom. The molecule has 0 aliphatic heterocycles. The summed E-state index contributed by atoms with van der Waals surface area (Å²) in [5.74, 6) is 0. The van der Waals surface area contributed by atoms with Gasteiger partial charge in [0.25, 0.3) is 0 Å². The van der Waals surface area contributed by atoms with Gasteiger partial charge in [-0.2, -0.15) is 0 Å². The normalized spacial score (nSPS) is 24.9. The van der Waals surface area contributed by atoms with Crippen molar-refractivity contribution >= 4 is 7.82 Å². The molecule has 0 aromatic carbocycles. The molecule has 0 aromatic heterocycles. The summed E-state index contributed by atoms with van der Waals surface area (Å²) < 4.78 is 22.9. The van der Waals surface area contributed by atoms with E-state index in [2.05, 4.69) is 0 Å². The molecular formula is C14H27O4P.